The molecule has 1 atom stereocenters. The molecule has 0 radical (unpaired) electrons. The fraction of sp³-hybridized carbons (Fsp3) is 0.471. The third-order valence-electron chi connectivity index (χ3n) is 4.08. The van der Waals surface area contributed by atoms with E-state index in [9.17, 15) is 9.59 Å². The number of carboxylic acid groups (broad SMARTS) is 1. The van der Waals surface area contributed by atoms with Crippen LogP contribution < -0.4 is 4.90 Å². The van der Waals surface area contributed by atoms with Crippen molar-refractivity contribution in [3.63, 3.8) is 0 Å². The van der Waals surface area contributed by atoms with Gasteiger partial charge < -0.3 is 10.0 Å². The minimum atomic E-state index is -0.938. The van der Waals surface area contributed by atoms with Crippen molar-refractivity contribution in [2.45, 2.75) is 33.6 Å². The summed E-state index contributed by atoms with van der Waals surface area (Å²) >= 11 is 0. The van der Waals surface area contributed by atoms with Crippen LogP contribution in [0.2, 0.25) is 0 Å². The Morgan fingerprint density at radius 3 is 2.83 bits per heavy atom. The summed E-state index contributed by atoms with van der Waals surface area (Å²) < 4.78 is 0. The number of rotatable bonds is 3. The lowest BCUT2D eigenvalue weighted by Crippen LogP contribution is -2.46. The van der Waals surface area contributed by atoms with Crippen LogP contribution in [-0.2, 0) is 16.0 Å². The fourth-order valence-electron chi connectivity index (χ4n) is 3.22. The zero-order valence-electron chi connectivity index (χ0n) is 13.6. The number of aliphatic carboxylic acids is 1. The van der Waals surface area contributed by atoms with Gasteiger partial charge in [-0.15, -0.1) is 0 Å². The molecule has 6 nitrogen and oxygen atoms in total. The molecule has 1 aliphatic heterocycles. The Bertz CT molecular complexity index is 773. The number of carboxylic acids is 1. The molecule has 0 saturated heterocycles. The van der Waals surface area contributed by atoms with Crippen LogP contribution in [-0.4, -0.2) is 33.7 Å². The highest BCUT2D eigenvalue weighted by Crippen LogP contribution is 2.38. The van der Waals surface area contributed by atoms with Crippen LogP contribution in [0, 0.1) is 11.3 Å². The lowest BCUT2D eigenvalue weighted by molar-refractivity contribution is -0.140. The van der Waals surface area contributed by atoms with Gasteiger partial charge in [-0.05, 0) is 23.5 Å². The quantitative estimate of drug-likeness (QED) is 0.911. The molecule has 1 amide bonds. The molecule has 2 aromatic rings. The third kappa shape index (κ3) is 2.93. The number of carbonyl (C=O) groups excluding carboxylic acids is 1. The van der Waals surface area contributed by atoms with Crippen LogP contribution in [0.5, 0.6) is 0 Å². The first-order valence-corrected chi connectivity index (χ1v) is 7.74. The molecule has 3 rings (SSSR count). The van der Waals surface area contributed by atoms with E-state index in [1.807, 2.05) is 12.1 Å². The molecule has 0 aliphatic carbocycles. The van der Waals surface area contributed by atoms with Crippen molar-refractivity contribution in [1.29, 1.82) is 0 Å². The van der Waals surface area contributed by atoms with Gasteiger partial charge in [0, 0.05) is 11.9 Å². The topological polar surface area (TPSA) is 86.3 Å². The van der Waals surface area contributed by atoms with Crippen molar-refractivity contribution >= 4 is 28.5 Å². The summed E-state index contributed by atoms with van der Waals surface area (Å²) in [6, 6.07) is 3.90. The normalized spacial score (nSPS) is 18.3. The van der Waals surface area contributed by atoms with Gasteiger partial charge in [-0.1, -0.05) is 26.8 Å². The molecule has 0 fully saturated rings. The molecule has 23 heavy (non-hydrogen) atoms. The van der Waals surface area contributed by atoms with E-state index in [-0.39, 0.29) is 17.7 Å². The number of amides is 1. The molecular weight excluding hydrogens is 294 g/mol. The molecule has 1 aromatic carbocycles. The maximum absolute atomic E-state index is 12.9. The van der Waals surface area contributed by atoms with Gasteiger partial charge in [-0.3, -0.25) is 14.7 Å². The van der Waals surface area contributed by atoms with Crippen molar-refractivity contribution in [3.8, 4) is 0 Å². The Morgan fingerprint density at radius 1 is 1.43 bits per heavy atom. The predicted octanol–water partition coefficient (Wildman–Crippen LogP) is 2.59. The number of aromatic nitrogens is 2. The van der Waals surface area contributed by atoms with E-state index in [2.05, 4.69) is 31.0 Å². The van der Waals surface area contributed by atoms with Gasteiger partial charge >= 0.3 is 5.97 Å². The van der Waals surface area contributed by atoms with E-state index in [1.165, 1.54) is 0 Å². The molecule has 2 heterocycles. The number of fused-ring (bicyclic) bond motifs is 3. The highest BCUT2D eigenvalue weighted by atomic mass is 16.4. The Labute approximate surface area is 134 Å². The van der Waals surface area contributed by atoms with Crippen LogP contribution in [0.3, 0.4) is 0 Å². The van der Waals surface area contributed by atoms with E-state index in [0.29, 0.717) is 13.0 Å². The number of nitrogens with zero attached hydrogens (tertiary/aromatic N) is 2. The van der Waals surface area contributed by atoms with Crippen molar-refractivity contribution in [1.82, 2.24) is 10.2 Å². The predicted molar refractivity (Wildman–Crippen MR) is 87.3 cm³/mol. The highest BCUT2D eigenvalue weighted by molar-refractivity contribution is 6.07. The second-order valence-electron chi connectivity index (χ2n) is 7.39. The highest BCUT2D eigenvalue weighted by Gasteiger charge is 2.37. The SMILES string of the molecule is CC(C)(C)CN1C(=O)C(CC(=O)O)Cc2ccc3[nH]ncc3c21. The van der Waals surface area contributed by atoms with E-state index in [0.717, 1.165) is 22.2 Å². The number of benzene rings is 1. The van der Waals surface area contributed by atoms with E-state index in [4.69, 9.17) is 5.11 Å². The van der Waals surface area contributed by atoms with E-state index in [1.54, 1.807) is 11.1 Å². The molecule has 122 valence electrons. The van der Waals surface area contributed by atoms with Gasteiger partial charge in [0.25, 0.3) is 0 Å². The number of carbonyl (C=O) groups is 2. The number of aromatic amines is 1. The average Bonchev–Trinajstić information content (AvgIpc) is 2.89. The summed E-state index contributed by atoms with van der Waals surface area (Å²) in [6.45, 7) is 6.74. The van der Waals surface area contributed by atoms with Gasteiger partial charge in [0.15, 0.2) is 0 Å². The molecule has 1 unspecified atom stereocenters. The lowest BCUT2D eigenvalue weighted by Gasteiger charge is -2.37. The summed E-state index contributed by atoms with van der Waals surface area (Å²) in [6.07, 6.45) is 2.05. The first kappa shape index (κ1) is 15.5. The van der Waals surface area contributed by atoms with Gasteiger partial charge in [0.1, 0.15) is 0 Å². The zero-order valence-corrected chi connectivity index (χ0v) is 13.6. The zero-order chi connectivity index (χ0) is 16.8. The van der Waals surface area contributed by atoms with E-state index >= 15 is 0 Å². The Morgan fingerprint density at radius 2 is 2.17 bits per heavy atom. The van der Waals surface area contributed by atoms with Crippen molar-refractivity contribution in [2.75, 3.05) is 11.4 Å². The van der Waals surface area contributed by atoms with Gasteiger partial charge in [-0.2, -0.15) is 5.10 Å². The van der Waals surface area contributed by atoms with Crippen LogP contribution in [0.4, 0.5) is 5.69 Å². The summed E-state index contributed by atoms with van der Waals surface area (Å²) in [7, 11) is 0. The fourth-order valence-corrected chi connectivity index (χ4v) is 3.22. The van der Waals surface area contributed by atoms with Gasteiger partial charge in [0.2, 0.25) is 5.91 Å². The first-order valence-electron chi connectivity index (χ1n) is 7.74. The molecule has 0 saturated carbocycles. The molecule has 1 aromatic heterocycles. The Kier molecular flexibility index (Phi) is 3.62. The summed E-state index contributed by atoms with van der Waals surface area (Å²) in [5.41, 5.74) is 2.67. The standard InChI is InChI=1S/C17H21N3O3/c1-17(2,3)9-20-15-10(4-5-13-12(15)8-18-19-13)6-11(16(20)23)7-14(21)22/h4-5,8,11H,6-7,9H2,1-3H3,(H,18,19)(H,21,22). The number of nitrogens with one attached hydrogen (secondary N) is 1. The number of H-pyrrole nitrogens is 1. The van der Waals surface area contributed by atoms with E-state index < -0.39 is 11.9 Å². The molecule has 2 N–H and O–H groups in total. The van der Waals surface area contributed by atoms with Crippen molar-refractivity contribution < 1.29 is 14.7 Å². The Balaban J connectivity index is 2.12. The minimum Gasteiger partial charge on any atom is -0.481 e. The number of hydrogen-bond acceptors (Lipinski definition) is 3. The molecule has 0 bridgehead atoms. The minimum absolute atomic E-state index is 0.0933. The molecule has 6 heteroatoms. The summed E-state index contributed by atoms with van der Waals surface area (Å²) in [5.74, 6) is -1.55. The molecule has 0 spiro atoms. The second kappa shape index (κ2) is 5.37. The lowest BCUT2D eigenvalue weighted by atomic mass is 9.86. The summed E-state index contributed by atoms with van der Waals surface area (Å²) in [5, 5.41) is 17.0. The van der Waals surface area contributed by atoms with Crippen LogP contribution in [0.25, 0.3) is 10.9 Å². The van der Waals surface area contributed by atoms with Gasteiger partial charge in [0.05, 0.1) is 29.7 Å². The third-order valence-corrected chi connectivity index (χ3v) is 4.08. The largest absolute Gasteiger partial charge is 0.481 e. The summed E-state index contributed by atoms with van der Waals surface area (Å²) in [4.78, 5) is 25.8. The monoisotopic (exact) mass is 315 g/mol. The van der Waals surface area contributed by atoms with Crippen LogP contribution >= 0.6 is 0 Å². The smallest absolute Gasteiger partial charge is 0.304 e. The van der Waals surface area contributed by atoms with Crippen LogP contribution in [0.15, 0.2) is 18.3 Å². The van der Waals surface area contributed by atoms with Crippen molar-refractivity contribution in [3.05, 3.63) is 23.9 Å². The second-order valence-corrected chi connectivity index (χ2v) is 7.39. The number of hydrogen-bond donors (Lipinski definition) is 2. The molecule has 1 aliphatic rings. The first-order chi connectivity index (χ1) is 10.8. The van der Waals surface area contributed by atoms with Crippen LogP contribution in [0.1, 0.15) is 32.8 Å². The average molecular weight is 315 g/mol. The molecular formula is C17H21N3O3. The van der Waals surface area contributed by atoms with Crippen molar-refractivity contribution in [2.24, 2.45) is 11.3 Å². The number of anilines is 1. The maximum atomic E-state index is 12.9. The maximum Gasteiger partial charge on any atom is 0.304 e. The van der Waals surface area contributed by atoms with Gasteiger partial charge in [-0.25, -0.2) is 0 Å². The Hall–Kier alpha value is -2.37.